The van der Waals surface area contributed by atoms with E-state index in [1.807, 2.05) is 31.2 Å². The van der Waals surface area contributed by atoms with Crippen molar-refractivity contribution in [3.05, 3.63) is 59.7 Å². The second kappa shape index (κ2) is 8.62. The van der Waals surface area contributed by atoms with Crippen LogP contribution in [0.4, 0.5) is 5.69 Å². The topological polar surface area (TPSA) is 45.6 Å². The molecule has 0 radical (unpaired) electrons. The lowest BCUT2D eigenvalue weighted by Gasteiger charge is -2.11. The van der Waals surface area contributed by atoms with Gasteiger partial charge in [-0.1, -0.05) is 24.3 Å². The molecule has 0 heterocycles. The lowest BCUT2D eigenvalue weighted by atomic mass is 10.0. The number of hydrogen-bond acceptors (Lipinski definition) is 3. The molecular formula is C20H23N3OS. The zero-order valence-electron chi connectivity index (χ0n) is 14.4. The van der Waals surface area contributed by atoms with Crippen LogP contribution in [0.3, 0.4) is 0 Å². The number of nitrogens with one attached hydrogen (secondary N) is 2. The molecule has 25 heavy (non-hydrogen) atoms. The molecule has 2 aromatic carbocycles. The molecule has 0 aromatic heterocycles. The predicted octanol–water partition coefficient (Wildman–Crippen LogP) is 4.50. The standard InChI is InChI=1S/C20H23N3OS/c1-2-24-17-13-11-16(12-14-17)21-20(25)23-22-19-10-6-4-8-15-7-3-5-9-18(15)19/h3,5,7,9,11-14H,2,4,6,8,10H2,1H3,(H2,21,23,25). The second-order valence-electron chi connectivity index (χ2n) is 5.95. The maximum absolute atomic E-state index is 5.44. The van der Waals surface area contributed by atoms with Gasteiger partial charge in [-0.25, -0.2) is 0 Å². The molecule has 130 valence electrons. The zero-order valence-corrected chi connectivity index (χ0v) is 15.2. The number of nitrogens with zero attached hydrogens (tertiary/aromatic N) is 1. The monoisotopic (exact) mass is 353 g/mol. The van der Waals surface area contributed by atoms with Gasteiger partial charge in [0.25, 0.3) is 0 Å². The first-order valence-corrected chi connectivity index (χ1v) is 9.12. The predicted molar refractivity (Wildman–Crippen MR) is 108 cm³/mol. The van der Waals surface area contributed by atoms with Crippen molar-refractivity contribution in [1.29, 1.82) is 0 Å². The fourth-order valence-corrected chi connectivity index (χ4v) is 3.12. The Bertz CT molecular complexity index is 756. The minimum Gasteiger partial charge on any atom is -0.494 e. The van der Waals surface area contributed by atoms with Crippen LogP contribution in [-0.4, -0.2) is 17.4 Å². The summed E-state index contributed by atoms with van der Waals surface area (Å²) >= 11 is 5.36. The smallest absolute Gasteiger partial charge is 0.191 e. The largest absolute Gasteiger partial charge is 0.494 e. The summed E-state index contributed by atoms with van der Waals surface area (Å²) in [4.78, 5) is 0. The molecule has 1 aliphatic rings. The molecule has 1 aliphatic carbocycles. The molecule has 0 amide bonds. The number of anilines is 1. The molecule has 0 saturated carbocycles. The third-order valence-electron chi connectivity index (χ3n) is 4.15. The SMILES string of the molecule is CCOc1ccc(NC(=S)NN=C2CCCCc3ccccc32)cc1. The van der Waals surface area contributed by atoms with Crippen molar-refractivity contribution in [2.45, 2.75) is 32.6 Å². The summed E-state index contributed by atoms with van der Waals surface area (Å²) in [6.07, 6.45) is 4.43. The van der Waals surface area contributed by atoms with E-state index in [0.29, 0.717) is 11.7 Å². The molecule has 0 unspecified atom stereocenters. The molecule has 0 atom stereocenters. The van der Waals surface area contributed by atoms with Crippen LogP contribution in [0, 0.1) is 0 Å². The summed E-state index contributed by atoms with van der Waals surface area (Å²) in [7, 11) is 0. The van der Waals surface area contributed by atoms with E-state index in [2.05, 4.69) is 40.1 Å². The van der Waals surface area contributed by atoms with E-state index in [4.69, 9.17) is 17.0 Å². The van der Waals surface area contributed by atoms with Gasteiger partial charge in [0.15, 0.2) is 5.11 Å². The van der Waals surface area contributed by atoms with Gasteiger partial charge < -0.3 is 10.1 Å². The number of aryl methyl sites for hydroxylation is 1. The number of rotatable bonds is 4. The minimum atomic E-state index is 0.485. The number of hydrogen-bond donors (Lipinski definition) is 2. The third kappa shape index (κ3) is 4.79. The summed E-state index contributed by atoms with van der Waals surface area (Å²) in [5.74, 6) is 0.849. The van der Waals surface area contributed by atoms with Crippen molar-refractivity contribution in [3.63, 3.8) is 0 Å². The Kier molecular flexibility index (Phi) is 6.01. The fourth-order valence-electron chi connectivity index (χ4n) is 2.96. The number of fused-ring (bicyclic) bond motifs is 1. The van der Waals surface area contributed by atoms with Gasteiger partial charge in [-0.05, 0) is 74.7 Å². The lowest BCUT2D eigenvalue weighted by Crippen LogP contribution is -2.25. The van der Waals surface area contributed by atoms with Crippen LogP contribution in [-0.2, 0) is 6.42 Å². The zero-order chi connectivity index (χ0) is 17.5. The first-order chi connectivity index (χ1) is 12.3. The average molecular weight is 353 g/mol. The Balaban J connectivity index is 1.64. The highest BCUT2D eigenvalue weighted by Gasteiger charge is 2.13. The van der Waals surface area contributed by atoms with E-state index in [1.54, 1.807) is 0 Å². The molecular weight excluding hydrogens is 330 g/mol. The quantitative estimate of drug-likeness (QED) is 0.482. The van der Waals surface area contributed by atoms with Crippen LogP contribution in [0.15, 0.2) is 53.6 Å². The molecule has 3 rings (SSSR count). The minimum absolute atomic E-state index is 0.485. The van der Waals surface area contributed by atoms with Gasteiger partial charge in [-0.3, -0.25) is 5.43 Å². The van der Waals surface area contributed by atoms with Gasteiger partial charge in [0, 0.05) is 11.3 Å². The molecule has 0 aliphatic heterocycles. The Morgan fingerprint density at radius 1 is 1.08 bits per heavy atom. The van der Waals surface area contributed by atoms with E-state index in [1.165, 1.54) is 17.5 Å². The van der Waals surface area contributed by atoms with Gasteiger partial charge in [-0.15, -0.1) is 0 Å². The number of thiocarbonyl (C=S) groups is 1. The van der Waals surface area contributed by atoms with Gasteiger partial charge in [0.2, 0.25) is 0 Å². The van der Waals surface area contributed by atoms with E-state index in [9.17, 15) is 0 Å². The normalized spacial score (nSPS) is 15.2. The van der Waals surface area contributed by atoms with E-state index in [0.717, 1.165) is 36.4 Å². The van der Waals surface area contributed by atoms with Crippen molar-refractivity contribution >= 4 is 28.7 Å². The van der Waals surface area contributed by atoms with Crippen molar-refractivity contribution in [1.82, 2.24) is 5.43 Å². The summed E-state index contributed by atoms with van der Waals surface area (Å²) in [6, 6.07) is 16.2. The van der Waals surface area contributed by atoms with Crippen LogP contribution in [0.5, 0.6) is 5.75 Å². The van der Waals surface area contributed by atoms with Gasteiger partial charge >= 0.3 is 0 Å². The maximum atomic E-state index is 5.44. The maximum Gasteiger partial charge on any atom is 0.191 e. The highest BCUT2D eigenvalue weighted by Crippen LogP contribution is 2.21. The number of benzene rings is 2. The molecule has 0 spiro atoms. The van der Waals surface area contributed by atoms with Crippen LogP contribution < -0.4 is 15.5 Å². The molecule has 2 N–H and O–H groups in total. The van der Waals surface area contributed by atoms with Gasteiger partial charge in [0.1, 0.15) is 5.75 Å². The first-order valence-electron chi connectivity index (χ1n) is 8.71. The van der Waals surface area contributed by atoms with Crippen molar-refractivity contribution < 1.29 is 4.74 Å². The molecule has 0 saturated heterocycles. The van der Waals surface area contributed by atoms with Crippen LogP contribution >= 0.6 is 12.2 Å². The van der Waals surface area contributed by atoms with E-state index >= 15 is 0 Å². The van der Waals surface area contributed by atoms with Crippen molar-refractivity contribution in [2.24, 2.45) is 5.10 Å². The first kappa shape index (κ1) is 17.4. The lowest BCUT2D eigenvalue weighted by molar-refractivity contribution is 0.340. The number of ether oxygens (including phenoxy) is 1. The third-order valence-corrected chi connectivity index (χ3v) is 4.35. The van der Waals surface area contributed by atoms with Crippen molar-refractivity contribution in [3.8, 4) is 5.75 Å². The van der Waals surface area contributed by atoms with Gasteiger partial charge in [0.05, 0.1) is 12.3 Å². The summed E-state index contributed by atoms with van der Waals surface area (Å²) in [6.45, 7) is 2.63. The molecule has 2 aromatic rings. The molecule has 0 fully saturated rings. The highest BCUT2D eigenvalue weighted by molar-refractivity contribution is 7.80. The Morgan fingerprint density at radius 3 is 2.64 bits per heavy atom. The molecule has 0 bridgehead atoms. The Hall–Kier alpha value is -2.40. The molecule has 4 nitrogen and oxygen atoms in total. The van der Waals surface area contributed by atoms with Gasteiger partial charge in [-0.2, -0.15) is 5.10 Å². The van der Waals surface area contributed by atoms with Crippen LogP contribution in [0.25, 0.3) is 0 Å². The van der Waals surface area contributed by atoms with Crippen molar-refractivity contribution in [2.75, 3.05) is 11.9 Å². The summed E-state index contributed by atoms with van der Waals surface area (Å²) in [5, 5.41) is 8.20. The Labute approximate surface area is 154 Å². The van der Waals surface area contributed by atoms with E-state index < -0.39 is 0 Å². The summed E-state index contributed by atoms with van der Waals surface area (Å²) in [5.41, 5.74) is 7.56. The number of hydrazone groups is 1. The Morgan fingerprint density at radius 2 is 1.84 bits per heavy atom. The second-order valence-corrected chi connectivity index (χ2v) is 6.35. The summed E-state index contributed by atoms with van der Waals surface area (Å²) < 4.78 is 5.44. The van der Waals surface area contributed by atoms with Crippen LogP contribution in [0.1, 0.15) is 37.3 Å². The van der Waals surface area contributed by atoms with Crippen LogP contribution in [0.2, 0.25) is 0 Å². The van der Waals surface area contributed by atoms with E-state index in [-0.39, 0.29) is 0 Å². The average Bonchev–Trinajstić information content (AvgIpc) is 2.84. The highest BCUT2D eigenvalue weighted by atomic mass is 32.1. The molecule has 5 heteroatoms. The fraction of sp³-hybridized carbons (Fsp3) is 0.300.